The van der Waals surface area contributed by atoms with E-state index in [4.69, 9.17) is 0 Å². The highest BCUT2D eigenvalue weighted by Crippen LogP contribution is 2.27. The molecule has 0 aliphatic carbocycles. The molecule has 0 amide bonds. The van der Waals surface area contributed by atoms with Crippen molar-refractivity contribution in [3.8, 4) is 11.1 Å². The average Bonchev–Trinajstić information content (AvgIpc) is 2.79. The van der Waals surface area contributed by atoms with E-state index >= 15 is 0 Å². The molecule has 3 nitrogen and oxygen atoms in total. The Kier molecular flexibility index (Phi) is 5.89. The number of carboxylic acids is 1. The largest absolute Gasteiger partial charge is 0.478 e. The van der Waals surface area contributed by atoms with E-state index in [-0.39, 0.29) is 0 Å². The van der Waals surface area contributed by atoms with Crippen LogP contribution in [0.3, 0.4) is 0 Å². The molecule has 0 atom stereocenters. The number of nitrogens with zero attached hydrogens (tertiary/aromatic N) is 1. The van der Waals surface area contributed by atoms with Gasteiger partial charge in [-0.2, -0.15) is 0 Å². The van der Waals surface area contributed by atoms with Crippen LogP contribution in [-0.4, -0.2) is 16.1 Å². The molecule has 0 aliphatic rings. The van der Waals surface area contributed by atoms with Crippen LogP contribution in [0.2, 0.25) is 0 Å². The third-order valence-electron chi connectivity index (χ3n) is 5.58. The predicted octanol–water partition coefficient (Wildman–Crippen LogP) is 6.53. The molecule has 30 heavy (non-hydrogen) atoms. The Bertz CT molecular complexity index is 1180. The van der Waals surface area contributed by atoms with E-state index in [1.54, 1.807) is 12.1 Å². The van der Waals surface area contributed by atoms with Crippen molar-refractivity contribution in [2.75, 3.05) is 0 Å². The molecule has 0 unspecified atom stereocenters. The molecule has 1 N–H and O–H groups in total. The van der Waals surface area contributed by atoms with Crippen molar-refractivity contribution < 1.29 is 9.90 Å². The van der Waals surface area contributed by atoms with Gasteiger partial charge in [-0.15, -0.1) is 0 Å². The highest BCUT2D eigenvalue weighted by Gasteiger charge is 2.12. The average molecular weight is 396 g/mol. The number of aryl methyl sites for hydroxylation is 1. The number of hydrogen-bond acceptors (Lipinski definition) is 2. The highest BCUT2D eigenvalue weighted by atomic mass is 16.4. The number of hydrogen-bond donors (Lipinski definition) is 1. The summed E-state index contributed by atoms with van der Waals surface area (Å²) >= 11 is 0. The Morgan fingerprint density at radius 1 is 0.933 bits per heavy atom. The van der Waals surface area contributed by atoms with E-state index in [2.05, 4.69) is 42.2 Å². The molecule has 3 aromatic carbocycles. The summed E-state index contributed by atoms with van der Waals surface area (Å²) in [6.45, 7) is 2.21. The lowest BCUT2D eigenvalue weighted by Crippen LogP contribution is -2.00. The number of aromatic carboxylic acids is 1. The number of benzene rings is 3. The van der Waals surface area contributed by atoms with E-state index in [1.807, 2.05) is 36.5 Å². The Morgan fingerprint density at radius 2 is 1.67 bits per heavy atom. The van der Waals surface area contributed by atoms with Gasteiger partial charge in [-0.3, -0.25) is 4.98 Å². The Labute approximate surface area is 177 Å². The van der Waals surface area contributed by atoms with Crippen LogP contribution in [-0.2, 0) is 12.8 Å². The summed E-state index contributed by atoms with van der Waals surface area (Å²) in [4.78, 5) is 16.2. The van der Waals surface area contributed by atoms with Gasteiger partial charge in [0.25, 0.3) is 0 Å². The first-order chi connectivity index (χ1) is 14.7. The lowest BCUT2D eigenvalue weighted by atomic mass is 9.93. The smallest absolute Gasteiger partial charge is 0.336 e. The molecule has 150 valence electrons. The second kappa shape index (κ2) is 8.91. The molecule has 0 aliphatic heterocycles. The number of unbranched alkanes of at least 4 members (excludes halogenated alkanes) is 1. The SMILES string of the molecule is CCCCc1cnc2ccccc2c1Cc1ccc(-c2ccccc2C(=O)O)cc1. The van der Waals surface area contributed by atoms with E-state index < -0.39 is 5.97 Å². The van der Waals surface area contributed by atoms with E-state index in [0.717, 1.165) is 42.3 Å². The molecule has 0 spiro atoms. The van der Waals surface area contributed by atoms with Crippen molar-refractivity contribution in [2.24, 2.45) is 0 Å². The first-order valence-electron chi connectivity index (χ1n) is 10.4. The van der Waals surface area contributed by atoms with E-state index in [0.29, 0.717) is 5.56 Å². The third kappa shape index (κ3) is 4.11. The quantitative estimate of drug-likeness (QED) is 0.387. The topological polar surface area (TPSA) is 50.2 Å². The zero-order valence-electron chi connectivity index (χ0n) is 17.1. The van der Waals surface area contributed by atoms with Gasteiger partial charge in [0.15, 0.2) is 0 Å². The van der Waals surface area contributed by atoms with Crippen LogP contribution >= 0.6 is 0 Å². The molecular formula is C27H25NO2. The summed E-state index contributed by atoms with van der Waals surface area (Å²) in [5.41, 5.74) is 6.88. The van der Waals surface area contributed by atoms with Crippen LogP contribution in [0, 0.1) is 0 Å². The van der Waals surface area contributed by atoms with Gasteiger partial charge in [-0.05, 0) is 59.2 Å². The molecule has 1 heterocycles. The van der Waals surface area contributed by atoms with Crippen LogP contribution in [0.5, 0.6) is 0 Å². The molecule has 0 fully saturated rings. The lowest BCUT2D eigenvalue weighted by Gasteiger charge is -2.13. The molecule has 3 heteroatoms. The molecule has 4 rings (SSSR count). The van der Waals surface area contributed by atoms with Crippen molar-refractivity contribution in [3.05, 3.63) is 101 Å². The van der Waals surface area contributed by atoms with Crippen molar-refractivity contribution in [2.45, 2.75) is 32.6 Å². The molecule has 0 bridgehead atoms. The summed E-state index contributed by atoms with van der Waals surface area (Å²) in [7, 11) is 0. The Balaban J connectivity index is 1.69. The fraction of sp³-hybridized carbons (Fsp3) is 0.185. The molecule has 0 radical (unpaired) electrons. The summed E-state index contributed by atoms with van der Waals surface area (Å²) in [5.74, 6) is -0.904. The molecule has 4 aromatic rings. The van der Waals surface area contributed by atoms with Gasteiger partial charge in [-0.1, -0.05) is 74.0 Å². The maximum absolute atomic E-state index is 11.5. The zero-order valence-corrected chi connectivity index (χ0v) is 17.1. The third-order valence-corrected chi connectivity index (χ3v) is 5.58. The van der Waals surface area contributed by atoms with Crippen LogP contribution in [0.15, 0.2) is 79.0 Å². The molecular weight excluding hydrogens is 370 g/mol. The van der Waals surface area contributed by atoms with Gasteiger partial charge < -0.3 is 5.11 Å². The molecule has 1 aromatic heterocycles. The summed E-state index contributed by atoms with van der Waals surface area (Å²) in [6, 6.07) is 23.7. The fourth-order valence-corrected chi connectivity index (χ4v) is 3.96. The first-order valence-corrected chi connectivity index (χ1v) is 10.4. The maximum Gasteiger partial charge on any atom is 0.336 e. The standard InChI is InChI=1S/C27H25NO2/c1-2-3-8-21-18-28-26-12-7-6-10-23(26)25(21)17-19-13-15-20(16-14-19)22-9-4-5-11-24(22)27(29)30/h4-7,9-16,18H,2-3,8,17H2,1H3,(H,29,30). The van der Waals surface area contributed by atoms with Crippen LogP contribution in [0.4, 0.5) is 0 Å². The van der Waals surface area contributed by atoms with Crippen LogP contribution in [0.1, 0.15) is 46.8 Å². The number of carbonyl (C=O) groups is 1. The van der Waals surface area contributed by atoms with E-state index in [9.17, 15) is 9.90 Å². The molecule has 0 saturated heterocycles. The minimum absolute atomic E-state index is 0.326. The van der Waals surface area contributed by atoms with Gasteiger partial charge in [0.05, 0.1) is 11.1 Å². The van der Waals surface area contributed by atoms with Gasteiger partial charge in [0, 0.05) is 11.6 Å². The maximum atomic E-state index is 11.5. The number of carboxylic acid groups (broad SMARTS) is 1. The van der Waals surface area contributed by atoms with Gasteiger partial charge >= 0.3 is 5.97 Å². The van der Waals surface area contributed by atoms with Gasteiger partial charge in [0.1, 0.15) is 0 Å². The monoisotopic (exact) mass is 395 g/mol. The second-order valence-corrected chi connectivity index (χ2v) is 7.61. The van der Waals surface area contributed by atoms with Crippen LogP contribution < -0.4 is 0 Å². The number of para-hydroxylation sites is 1. The Hall–Kier alpha value is -3.46. The number of fused-ring (bicyclic) bond motifs is 1. The lowest BCUT2D eigenvalue weighted by molar-refractivity contribution is 0.0697. The predicted molar refractivity (Wildman–Crippen MR) is 122 cm³/mol. The zero-order chi connectivity index (χ0) is 20.9. The summed E-state index contributed by atoms with van der Waals surface area (Å²) in [6.07, 6.45) is 6.21. The fourth-order valence-electron chi connectivity index (χ4n) is 3.96. The summed E-state index contributed by atoms with van der Waals surface area (Å²) < 4.78 is 0. The normalized spacial score (nSPS) is 11.0. The highest BCUT2D eigenvalue weighted by molar-refractivity contribution is 5.96. The van der Waals surface area contributed by atoms with Crippen molar-refractivity contribution >= 4 is 16.9 Å². The van der Waals surface area contributed by atoms with Gasteiger partial charge in [0.2, 0.25) is 0 Å². The van der Waals surface area contributed by atoms with Gasteiger partial charge in [-0.25, -0.2) is 4.79 Å². The summed E-state index contributed by atoms with van der Waals surface area (Å²) in [5, 5.41) is 10.7. The van der Waals surface area contributed by atoms with Crippen molar-refractivity contribution in [1.82, 2.24) is 4.98 Å². The number of aromatic nitrogens is 1. The first kappa shape index (κ1) is 19.8. The Morgan fingerprint density at radius 3 is 2.43 bits per heavy atom. The minimum Gasteiger partial charge on any atom is -0.478 e. The van der Waals surface area contributed by atoms with Crippen LogP contribution in [0.25, 0.3) is 22.0 Å². The van der Waals surface area contributed by atoms with E-state index in [1.165, 1.54) is 22.1 Å². The molecule has 0 saturated carbocycles. The number of pyridine rings is 1. The second-order valence-electron chi connectivity index (χ2n) is 7.61. The number of rotatable bonds is 7. The minimum atomic E-state index is -0.904. The van der Waals surface area contributed by atoms with Crippen molar-refractivity contribution in [1.29, 1.82) is 0 Å². The van der Waals surface area contributed by atoms with Crippen molar-refractivity contribution in [3.63, 3.8) is 0 Å².